The van der Waals surface area contributed by atoms with E-state index in [1.807, 2.05) is 6.07 Å². The Morgan fingerprint density at radius 2 is 1.84 bits per heavy atom. The molecule has 2 heterocycles. The average molecular weight is 468 g/mol. The summed E-state index contributed by atoms with van der Waals surface area (Å²) in [7, 11) is -3.74. The van der Waals surface area contributed by atoms with Crippen molar-refractivity contribution in [3.63, 3.8) is 0 Å². The number of carbonyl (C=O) groups excluding carboxylic acids is 1. The molecule has 11 heteroatoms. The van der Waals surface area contributed by atoms with Gasteiger partial charge in [0.2, 0.25) is 5.91 Å². The van der Waals surface area contributed by atoms with Gasteiger partial charge in [0, 0.05) is 22.7 Å². The first-order valence-electron chi connectivity index (χ1n) is 9.37. The Labute approximate surface area is 187 Å². The topological polar surface area (TPSA) is 134 Å². The van der Waals surface area contributed by atoms with Gasteiger partial charge in [-0.1, -0.05) is 30.3 Å². The van der Waals surface area contributed by atoms with Crippen LogP contribution in [-0.4, -0.2) is 29.5 Å². The van der Waals surface area contributed by atoms with Crippen LogP contribution < -0.4 is 15.6 Å². The number of aromatic amines is 1. The lowest BCUT2D eigenvalue weighted by Gasteiger charge is -2.07. The lowest BCUT2D eigenvalue weighted by atomic mass is 10.1. The summed E-state index contributed by atoms with van der Waals surface area (Å²) in [6.45, 7) is 0. The molecule has 0 saturated heterocycles. The molecule has 2 aromatic heterocycles. The van der Waals surface area contributed by atoms with Gasteiger partial charge in [0.15, 0.2) is 5.13 Å². The monoisotopic (exact) mass is 467 g/mol. The molecule has 0 fully saturated rings. The van der Waals surface area contributed by atoms with E-state index < -0.39 is 10.0 Å². The molecule has 0 radical (unpaired) electrons. The number of nitrogens with one attached hydrogen (secondary N) is 3. The molecule has 0 aliphatic rings. The Bertz CT molecular complexity index is 1390. The molecule has 9 nitrogen and oxygen atoms in total. The number of sulfonamides is 1. The van der Waals surface area contributed by atoms with Gasteiger partial charge in [-0.25, -0.2) is 18.5 Å². The first-order chi connectivity index (χ1) is 15.4. The minimum Gasteiger partial charge on any atom is -0.326 e. The Morgan fingerprint density at radius 1 is 1.03 bits per heavy atom. The largest absolute Gasteiger partial charge is 0.326 e. The number of carbonyl (C=O) groups is 1. The van der Waals surface area contributed by atoms with E-state index in [9.17, 15) is 18.0 Å². The van der Waals surface area contributed by atoms with E-state index in [4.69, 9.17) is 0 Å². The standard InChI is InChI=1S/C21H17N5O4S2/c27-19-10-9-18(24-25-19)14-5-4-6-15(11-14)22-20(28)12-16-13-31-21(23-16)26-32(29,30)17-7-2-1-3-8-17/h1-11,13H,12H2,(H,22,28)(H,23,26)(H,25,27). The van der Waals surface area contributed by atoms with Crippen LogP contribution in [0.4, 0.5) is 10.8 Å². The Morgan fingerprint density at radius 3 is 2.59 bits per heavy atom. The van der Waals surface area contributed by atoms with E-state index in [0.29, 0.717) is 17.1 Å². The van der Waals surface area contributed by atoms with Gasteiger partial charge in [-0.15, -0.1) is 11.3 Å². The maximum absolute atomic E-state index is 12.4. The van der Waals surface area contributed by atoms with Crippen LogP contribution in [0, 0.1) is 0 Å². The number of hydrogen-bond acceptors (Lipinski definition) is 7. The molecule has 0 saturated carbocycles. The predicted molar refractivity (Wildman–Crippen MR) is 122 cm³/mol. The Hall–Kier alpha value is -3.83. The van der Waals surface area contributed by atoms with Crippen LogP contribution in [0.15, 0.2) is 81.8 Å². The van der Waals surface area contributed by atoms with Crippen LogP contribution in [0.3, 0.4) is 0 Å². The number of nitrogens with zero attached hydrogens (tertiary/aromatic N) is 2. The van der Waals surface area contributed by atoms with Crippen molar-refractivity contribution in [2.24, 2.45) is 0 Å². The van der Waals surface area contributed by atoms with Gasteiger partial charge in [0.25, 0.3) is 15.6 Å². The van der Waals surface area contributed by atoms with Gasteiger partial charge in [0.1, 0.15) is 0 Å². The van der Waals surface area contributed by atoms with Crippen molar-refractivity contribution in [3.8, 4) is 11.3 Å². The van der Waals surface area contributed by atoms with Crippen molar-refractivity contribution in [2.45, 2.75) is 11.3 Å². The molecule has 0 bridgehead atoms. The van der Waals surface area contributed by atoms with E-state index in [0.717, 1.165) is 16.9 Å². The molecule has 4 aromatic rings. The summed E-state index contributed by atoms with van der Waals surface area (Å²) >= 11 is 1.10. The Balaban J connectivity index is 1.40. The number of hydrogen-bond donors (Lipinski definition) is 3. The van der Waals surface area contributed by atoms with Crippen molar-refractivity contribution < 1.29 is 13.2 Å². The van der Waals surface area contributed by atoms with Crippen LogP contribution >= 0.6 is 11.3 Å². The van der Waals surface area contributed by atoms with Crippen molar-refractivity contribution >= 4 is 38.1 Å². The summed E-state index contributed by atoms with van der Waals surface area (Å²) in [4.78, 5) is 27.9. The van der Waals surface area contributed by atoms with Gasteiger partial charge in [-0.05, 0) is 30.3 Å². The van der Waals surface area contributed by atoms with E-state index in [-0.39, 0.29) is 27.9 Å². The van der Waals surface area contributed by atoms with Crippen LogP contribution in [0.25, 0.3) is 11.3 Å². The number of benzene rings is 2. The summed E-state index contributed by atoms with van der Waals surface area (Å²) in [6.07, 6.45) is -0.0231. The molecule has 162 valence electrons. The lowest BCUT2D eigenvalue weighted by molar-refractivity contribution is -0.115. The van der Waals surface area contributed by atoms with Crippen molar-refractivity contribution in [2.75, 3.05) is 10.0 Å². The highest BCUT2D eigenvalue weighted by molar-refractivity contribution is 7.93. The number of rotatable bonds is 7. The SMILES string of the molecule is O=C(Cc1csc(NS(=O)(=O)c2ccccc2)n1)Nc1cccc(-c2ccc(=O)[nH]n2)c1. The number of thiazole rings is 1. The minimum absolute atomic E-state index is 0.0231. The zero-order valence-electron chi connectivity index (χ0n) is 16.5. The number of H-pyrrole nitrogens is 1. The van der Waals surface area contributed by atoms with E-state index in [1.54, 1.807) is 47.8 Å². The zero-order chi connectivity index (χ0) is 22.6. The summed E-state index contributed by atoms with van der Waals surface area (Å²) in [6, 6.07) is 18.0. The maximum atomic E-state index is 12.4. The molecule has 0 spiro atoms. The minimum atomic E-state index is -3.74. The molecular formula is C21H17N5O4S2. The second-order valence-corrected chi connectivity index (χ2v) is 9.22. The molecule has 4 rings (SSSR count). The highest BCUT2D eigenvalue weighted by Gasteiger charge is 2.16. The van der Waals surface area contributed by atoms with Gasteiger partial charge >= 0.3 is 0 Å². The summed E-state index contributed by atoms with van der Waals surface area (Å²) < 4.78 is 27.2. The van der Waals surface area contributed by atoms with Crippen LogP contribution in [0.5, 0.6) is 0 Å². The highest BCUT2D eigenvalue weighted by Crippen LogP contribution is 2.22. The van der Waals surface area contributed by atoms with Crippen LogP contribution in [0.2, 0.25) is 0 Å². The molecule has 0 aliphatic carbocycles. The van der Waals surface area contributed by atoms with Crippen molar-refractivity contribution in [1.29, 1.82) is 0 Å². The molecule has 32 heavy (non-hydrogen) atoms. The Kier molecular flexibility index (Phi) is 6.10. The summed E-state index contributed by atoms with van der Waals surface area (Å²) in [5, 5.41) is 10.9. The van der Waals surface area contributed by atoms with E-state index in [1.165, 1.54) is 18.2 Å². The number of aromatic nitrogens is 3. The second kappa shape index (κ2) is 9.12. The maximum Gasteiger partial charge on any atom is 0.264 e. The third kappa shape index (κ3) is 5.25. The molecule has 0 unspecified atom stereocenters. The van der Waals surface area contributed by atoms with Gasteiger partial charge in [-0.3, -0.25) is 14.3 Å². The van der Waals surface area contributed by atoms with E-state index >= 15 is 0 Å². The van der Waals surface area contributed by atoms with Gasteiger partial charge in [-0.2, -0.15) is 5.10 Å². The summed E-state index contributed by atoms with van der Waals surface area (Å²) in [5.74, 6) is -0.306. The fourth-order valence-corrected chi connectivity index (χ4v) is 4.82. The molecular weight excluding hydrogens is 450 g/mol. The second-order valence-electron chi connectivity index (χ2n) is 6.67. The molecule has 2 aromatic carbocycles. The first-order valence-corrected chi connectivity index (χ1v) is 11.7. The predicted octanol–water partition coefficient (Wildman–Crippen LogP) is 2.88. The fraction of sp³-hybridized carbons (Fsp3) is 0.0476. The molecule has 0 atom stereocenters. The quantitative estimate of drug-likeness (QED) is 0.383. The lowest BCUT2D eigenvalue weighted by Crippen LogP contribution is -2.15. The fourth-order valence-electron chi connectivity index (χ4n) is 2.84. The van der Waals surface area contributed by atoms with E-state index in [2.05, 4.69) is 25.2 Å². The molecule has 3 N–H and O–H groups in total. The van der Waals surface area contributed by atoms with Gasteiger partial charge in [0.05, 0.1) is 22.7 Å². The number of amides is 1. The highest BCUT2D eigenvalue weighted by atomic mass is 32.2. The van der Waals surface area contributed by atoms with Gasteiger partial charge < -0.3 is 5.32 Å². The van der Waals surface area contributed by atoms with Crippen molar-refractivity contribution in [3.05, 3.63) is 88.2 Å². The number of anilines is 2. The van der Waals surface area contributed by atoms with Crippen LogP contribution in [0.1, 0.15) is 5.69 Å². The smallest absolute Gasteiger partial charge is 0.264 e. The molecule has 0 aliphatic heterocycles. The summed E-state index contributed by atoms with van der Waals surface area (Å²) in [5.41, 5.74) is 1.99. The molecule has 1 amide bonds. The first kappa shape index (κ1) is 21.4. The van der Waals surface area contributed by atoms with Crippen molar-refractivity contribution in [1.82, 2.24) is 15.2 Å². The van der Waals surface area contributed by atoms with Crippen LogP contribution in [-0.2, 0) is 21.2 Å². The average Bonchev–Trinajstić information content (AvgIpc) is 3.20. The zero-order valence-corrected chi connectivity index (χ0v) is 18.1. The normalized spacial score (nSPS) is 11.1. The third-order valence-corrected chi connectivity index (χ3v) is 6.58. The third-order valence-electron chi connectivity index (χ3n) is 4.29.